The Bertz CT molecular complexity index is 1940. The van der Waals surface area contributed by atoms with Crippen LogP contribution in [0, 0.1) is 29.4 Å². The number of rotatable bonds is 5. The number of piperazine rings is 1. The average molecular weight is 610 g/mol. The summed E-state index contributed by atoms with van der Waals surface area (Å²) in [7, 11) is 2.17. The minimum absolute atomic E-state index is 0.00680. The van der Waals surface area contributed by atoms with Gasteiger partial charge in [0.1, 0.15) is 28.9 Å². The molecule has 1 aromatic heterocycles. The molecule has 8 nitrogen and oxygen atoms in total. The summed E-state index contributed by atoms with van der Waals surface area (Å²) in [4.78, 5) is 26.5. The zero-order chi connectivity index (χ0) is 31.0. The van der Waals surface area contributed by atoms with Gasteiger partial charge in [-0.2, -0.15) is 9.97 Å². The minimum Gasteiger partial charge on any atom is -0.508 e. The SMILES string of the molecule is C#Cc1c(F)ccc2cc(O)cc(-c3ccc4c(N5CC6CC5C(=O)N6)nc(OCC56CCCC5N(C)CCC6)nc4c3F)c12. The first kappa shape index (κ1) is 28.0. The smallest absolute Gasteiger partial charge is 0.319 e. The first-order chi connectivity index (χ1) is 21.8. The number of hydrogen-bond acceptors (Lipinski definition) is 7. The van der Waals surface area contributed by atoms with Gasteiger partial charge in [0.15, 0.2) is 5.82 Å². The summed E-state index contributed by atoms with van der Waals surface area (Å²) in [6.45, 7) is 2.03. The van der Waals surface area contributed by atoms with Crippen LogP contribution >= 0.6 is 0 Å². The molecule has 3 saturated heterocycles. The van der Waals surface area contributed by atoms with Crippen LogP contribution in [0.1, 0.15) is 44.1 Å². The van der Waals surface area contributed by atoms with Gasteiger partial charge in [0, 0.05) is 40.4 Å². The fourth-order valence-electron chi connectivity index (χ4n) is 8.50. The quantitative estimate of drug-likeness (QED) is 0.303. The summed E-state index contributed by atoms with van der Waals surface area (Å²) in [5, 5.41) is 14.8. The van der Waals surface area contributed by atoms with E-state index in [1.807, 2.05) is 4.90 Å². The van der Waals surface area contributed by atoms with Gasteiger partial charge in [-0.1, -0.05) is 24.5 Å². The highest BCUT2D eigenvalue weighted by molar-refractivity contribution is 6.04. The van der Waals surface area contributed by atoms with Crippen molar-refractivity contribution in [1.29, 1.82) is 0 Å². The number of likely N-dealkylation sites (tertiary alicyclic amines) is 1. The second-order valence-electron chi connectivity index (χ2n) is 13.1. The van der Waals surface area contributed by atoms with Crippen LogP contribution in [0.25, 0.3) is 32.8 Å². The van der Waals surface area contributed by atoms with Gasteiger partial charge in [0.2, 0.25) is 5.91 Å². The average Bonchev–Trinajstić information content (AvgIpc) is 3.75. The number of phenolic OH excluding ortho intramolecular Hbond substituents is 1. The number of anilines is 1. The van der Waals surface area contributed by atoms with Crippen LogP contribution in [-0.2, 0) is 4.79 Å². The molecule has 4 unspecified atom stereocenters. The molecule has 4 heterocycles. The van der Waals surface area contributed by atoms with E-state index in [0.717, 1.165) is 38.6 Å². The maximum atomic E-state index is 16.8. The van der Waals surface area contributed by atoms with E-state index < -0.39 is 17.7 Å². The van der Waals surface area contributed by atoms with E-state index in [1.54, 1.807) is 12.1 Å². The van der Waals surface area contributed by atoms with Crippen molar-refractivity contribution in [2.24, 2.45) is 5.41 Å². The largest absolute Gasteiger partial charge is 0.508 e. The fraction of sp³-hybridized carbons (Fsp3) is 0.400. The van der Waals surface area contributed by atoms with E-state index in [0.29, 0.717) is 47.6 Å². The molecule has 4 fully saturated rings. The van der Waals surface area contributed by atoms with Gasteiger partial charge in [0.05, 0.1) is 12.2 Å². The third kappa shape index (κ3) is 4.31. The standard InChI is InChI=1S/C35H33F2N5O3/c1-3-22-26(36)10-7-19-14-21(43)16-25(29(19)22)23-8-9-24-31(30(23)37)39-34(40-32(24)42-17-20-15-27(42)33(44)38-20)45-18-35-11-4-6-28(35)41(2)13-5-12-35/h1,7-10,14,16,20,27-28,43H,4-6,11-13,15,17-18H2,2H3,(H,38,44). The molecule has 1 aliphatic carbocycles. The second-order valence-corrected chi connectivity index (χ2v) is 13.1. The van der Waals surface area contributed by atoms with Crippen LogP contribution in [0.15, 0.2) is 36.4 Å². The van der Waals surface area contributed by atoms with Crippen molar-refractivity contribution < 1.29 is 23.4 Å². The Balaban J connectivity index is 1.28. The van der Waals surface area contributed by atoms with Crippen LogP contribution < -0.4 is 15.0 Å². The van der Waals surface area contributed by atoms with E-state index >= 15 is 4.39 Å². The van der Waals surface area contributed by atoms with Gasteiger partial charge in [-0.25, -0.2) is 8.78 Å². The number of carbonyl (C=O) groups is 1. The maximum Gasteiger partial charge on any atom is 0.319 e. The highest BCUT2D eigenvalue weighted by Gasteiger charge is 2.48. The van der Waals surface area contributed by atoms with E-state index in [-0.39, 0.29) is 51.3 Å². The lowest BCUT2D eigenvalue weighted by molar-refractivity contribution is -0.121. The molecular weight excluding hydrogens is 576 g/mol. The Hall–Kier alpha value is -4.49. The third-order valence-corrected chi connectivity index (χ3v) is 10.5. The normalized spacial score (nSPS) is 26.0. The lowest BCUT2D eigenvalue weighted by Crippen LogP contribution is -2.50. The van der Waals surface area contributed by atoms with Gasteiger partial charge >= 0.3 is 6.01 Å². The maximum absolute atomic E-state index is 16.8. The van der Waals surface area contributed by atoms with Gasteiger partial charge in [-0.3, -0.25) is 4.79 Å². The topological polar surface area (TPSA) is 90.8 Å². The van der Waals surface area contributed by atoms with Crippen LogP contribution in [0.2, 0.25) is 0 Å². The van der Waals surface area contributed by atoms with Crippen molar-refractivity contribution in [3.05, 3.63) is 53.6 Å². The Morgan fingerprint density at radius 3 is 2.80 bits per heavy atom. The summed E-state index contributed by atoms with van der Waals surface area (Å²) in [6.07, 6.45) is 11.8. The Labute approximate surface area is 259 Å². The Kier molecular flexibility index (Phi) is 6.40. The Morgan fingerprint density at radius 2 is 2.00 bits per heavy atom. The summed E-state index contributed by atoms with van der Waals surface area (Å²) >= 11 is 0. The molecule has 0 radical (unpaired) electrons. The number of carbonyl (C=O) groups excluding carboxylic acids is 1. The summed E-state index contributed by atoms with van der Waals surface area (Å²) < 4.78 is 38.1. The second kappa shape index (κ2) is 10.3. The number of phenols is 1. The molecule has 3 aliphatic heterocycles. The van der Waals surface area contributed by atoms with E-state index in [9.17, 15) is 14.3 Å². The van der Waals surface area contributed by atoms with Crippen LogP contribution in [0.4, 0.5) is 14.6 Å². The van der Waals surface area contributed by atoms with Crippen LogP contribution in [0.5, 0.6) is 11.8 Å². The number of benzene rings is 3. The number of ether oxygens (including phenoxy) is 1. The fourth-order valence-corrected chi connectivity index (χ4v) is 8.50. The number of terminal acetylenes is 1. The predicted molar refractivity (Wildman–Crippen MR) is 167 cm³/mol. The number of aromatic nitrogens is 2. The molecule has 230 valence electrons. The van der Waals surface area contributed by atoms with Gasteiger partial charge < -0.3 is 25.0 Å². The highest BCUT2D eigenvalue weighted by Crippen LogP contribution is 2.48. The van der Waals surface area contributed by atoms with Gasteiger partial charge in [0.25, 0.3) is 0 Å². The predicted octanol–water partition coefficient (Wildman–Crippen LogP) is 5.14. The number of nitrogens with one attached hydrogen (secondary N) is 1. The highest BCUT2D eigenvalue weighted by atomic mass is 19.1. The van der Waals surface area contributed by atoms with Gasteiger partial charge in [-0.15, -0.1) is 6.42 Å². The van der Waals surface area contributed by atoms with Crippen molar-refractivity contribution in [2.45, 2.75) is 56.7 Å². The number of nitrogens with zero attached hydrogens (tertiary/aromatic N) is 4. The first-order valence-electron chi connectivity index (χ1n) is 15.6. The van der Waals surface area contributed by atoms with Gasteiger partial charge in [-0.05, 0) is 80.9 Å². The van der Waals surface area contributed by atoms with Crippen molar-refractivity contribution in [2.75, 3.05) is 31.6 Å². The van der Waals surface area contributed by atoms with E-state index in [2.05, 4.69) is 28.2 Å². The molecule has 4 aromatic rings. The lowest BCUT2D eigenvalue weighted by Gasteiger charge is -2.44. The zero-order valence-electron chi connectivity index (χ0n) is 24.9. The summed E-state index contributed by atoms with van der Waals surface area (Å²) in [5.41, 5.74) is 0.333. The molecule has 45 heavy (non-hydrogen) atoms. The monoisotopic (exact) mass is 609 g/mol. The van der Waals surface area contributed by atoms with Crippen LogP contribution in [0.3, 0.4) is 0 Å². The molecular formula is C35H33F2N5O3. The molecule has 2 bridgehead atoms. The molecule has 4 aliphatic rings. The summed E-state index contributed by atoms with van der Waals surface area (Å²) in [5.74, 6) is 1.36. The van der Waals surface area contributed by atoms with Crippen LogP contribution in [-0.4, -0.2) is 70.8 Å². The van der Waals surface area contributed by atoms with E-state index in [1.165, 1.54) is 24.3 Å². The number of amides is 1. The first-order valence-corrected chi connectivity index (χ1v) is 15.6. The number of piperidine rings is 1. The third-order valence-electron chi connectivity index (χ3n) is 10.5. The minimum atomic E-state index is -0.678. The molecule has 4 atom stereocenters. The number of hydrogen-bond donors (Lipinski definition) is 2. The number of aromatic hydroxyl groups is 1. The van der Waals surface area contributed by atoms with E-state index in [4.69, 9.17) is 16.1 Å². The van der Waals surface area contributed by atoms with Crippen molar-refractivity contribution in [3.63, 3.8) is 0 Å². The zero-order valence-corrected chi connectivity index (χ0v) is 24.9. The number of halogens is 2. The molecule has 3 aromatic carbocycles. The van der Waals surface area contributed by atoms with Crippen molar-refractivity contribution in [3.8, 4) is 35.2 Å². The molecule has 1 saturated carbocycles. The van der Waals surface area contributed by atoms with Crippen molar-refractivity contribution in [1.82, 2.24) is 20.2 Å². The molecule has 10 heteroatoms. The number of fused-ring (bicyclic) bond motifs is 5. The molecule has 1 amide bonds. The molecule has 0 spiro atoms. The molecule has 8 rings (SSSR count). The van der Waals surface area contributed by atoms with Crippen molar-refractivity contribution >= 4 is 33.4 Å². The Morgan fingerprint density at radius 1 is 1.16 bits per heavy atom. The molecule has 2 N–H and O–H groups in total. The summed E-state index contributed by atoms with van der Waals surface area (Å²) in [6, 6.07) is 8.92. The lowest BCUT2D eigenvalue weighted by atomic mass is 9.76.